The number of fused-ring (bicyclic) bond motifs is 1. The number of carbonyl (C=O) groups excluding carboxylic acids is 3. The van der Waals surface area contributed by atoms with Gasteiger partial charge in [0.2, 0.25) is 11.8 Å². The third-order valence-corrected chi connectivity index (χ3v) is 5.21. The van der Waals surface area contributed by atoms with E-state index in [-0.39, 0.29) is 42.9 Å². The first kappa shape index (κ1) is 19.3. The molecule has 2 saturated heterocycles. The van der Waals surface area contributed by atoms with Crippen LogP contribution in [0.15, 0.2) is 18.2 Å². The number of benzene rings is 1. The van der Waals surface area contributed by atoms with Crippen molar-refractivity contribution in [1.29, 1.82) is 0 Å². The molecular weight excluding hydrogens is 356 g/mol. The number of likely N-dealkylation sites (N-methyl/N-ethyl adjacent to an activating group) is 1. The average Bonchev–Trinajstić information content (AvgIpc) is 2.64. The van der Waals surface area contributed by atoms with Crippen LogP contribution in [0.1, 0.15) is 30.6 Å². The highest BCUT2D eigenvalue weighted by atomic mass is 19.2. The predicted molar refractivity (Wildman–Crippen MR) is 93.8 cm³/mol. The van der Waals surface area contributed by atoms with E-state index < -0.39 is 29.6 Å². The van der Waals surface area contributed by atoms with Gasteiger partial charge in [0.05, 0.1) is 12.1 Å². The molecule has 3 rings (SSSR count). The SMILES string of the molecule is CC(C)C[C@H]1C(=O)N2CCN(C(=O)c3cccc(F)c3F)C[C@@H]2C(=O)N1C. The van der Waals surface area contributed by atoms with Gasteiger partial charge < -0.3 is 14.7 Å². The summed E-state index contributed by atoms with van der Waals surface area (Å²) in [4.78, 5) is 42.5. The van der Waals surface area contributed by atoms with Crippen LogP contribution in [0.5, 0.6) is 0 Å². The van der Waals surface area contributed by atoms with E-state index in [4.69, 9.17) is 0 Å². The van der Waals surface area contributed by atoms with Crippen molar-refractivity contribution in [3.63, 3.8) is 0 Å². The van der Waals surface area contributed by atoms with Gasteiger partial charge in [-0.3, -0.25) is 14.4 Å². The van der Waals surface area contributed by atoms with Gasteiger partial charge >= 0.3 is 0 Å². The second kappa shape index (κ2) is 7.25. The molecule has 0 saturated carbocycles. The van der Waals surface area contributed by atoms with Gasteiger partial charge in [0.1, 0.15) is 12.1 Å². The molecule has 3 amide bonds. The molecule has 6 nitrogen and oxygen atoms in total. The van der Waals surface area contributed by atoms with E-state index in [0.29, 0.717) is 6.42 Å². The molecule has 2 atom stereocenters. The Hall–Kier alpha value is -2.51. The fourth-order valence-electron chi connectivity index (χ4n) is 3.73. The number of hydrogen-bond donors (Lipinski definition) is 0. The lowest BCUT2D eigenvalue weighted by Crippen LogP contribution is -2.69. The van der Waals surface area contributed by atoms with Crippen LogP contribution in [-0.4, -0.2) is 71.2 Å². The van der Waals surface area contributed by atoms with Crippen LogP contribution < -0.4 is 0 Å². The number of nitrogens with zero attached hydrogens (tertiary/aromatic N) is 3. The number of rotatable bonds is 3. The van der Waals surface area contributed by atoms with Crippen LogP contribution in [-0.2, 0) is 9.59 Å². The van der Waals surface area contributed by atoms with Gasteiger partial charge in [0, 0.05) is 20.1 Å². The lowest BCUT2D eigenvalue weighted by Gasteiger charge is -2.48. The van der Waals surface area contributed by atoms with Crippen molar-refractivity contribution in [1.82, 2.24) is 14.7 Å². The fourth-order valence-corrected chi connectivity index (χ4v) is 3.73. The molecule has 1 aromatic rings. The Morgan fingerprint density at radius 3 is 2.56 bits per heavy atom. The standard InChI is InChI=1S/C19H23F2N3O3/c1-11(2)9-14-19(27)24-8-7-23(10-15(24)18(26)22(14)3)17(25)12-5-4-6-13(20)16(12)21/h4-6,11,14-15H,7-10H2,1-3H3/t14-,15+/m0/s1. The van der Waals surface area contributed by atoms with Gasteiger partial charge in [-0.1, -0.05) is 19.9 Å². The molecule has 2 heterocycles. The smallest absolute Gasteiger partial charge is 0.257 e. The summed E-state index contributed by atoms with van der Waals surface area (Å²) in [6.07, 6.45) is 0.571. The first-order valence-corrected chi connectivity index (χ1v) is 9.02. The predicted octanol–water partition coefficient (Wildman–Crippen LogP) is 1.50. The fraction of sp³-hybridized carbons (Fsp3) is 0.526. The van der Waals surface area contributed by atoms with Crippen molar-refractivity contribution in [2.75, 3.05) is 26.7 Å². The summed E-state index contributed by atoms with van der Waals surface area (Å²) in [5.41, 5.74) is -0.371. The Bertz CT molecular complexity index is 783. The number of amides is 3. The lowest BCUT2D eigenvalue weighted by molar-refractivity contribution is -0.163. The summed E-state index contributed by atoms with van der Waals surface area (Å²) in [5.74, 6) is -3.09. The van der Waals surface area contributed by atoms with E-state index in [1.807, 2.05) is 13.8 Å². The van der Waals surface area contributed by atoms with Gasteiger partial charge in [-0.2, -0.15) is 0 Å². The number of piperazine rings is 2. The molecule has 2 fully saturated rings. The molecule has 0 aliphatic carbocycles. The molecule has 2 aliphatic rings. The van der Waals surface area contributed by atoms with Gasteiger partial charge in [0.25, 0.3) is 5.91 Å². The second-order valence-electron chi connectivity index (χ2n) is 7.49. The third-order valence-electron chi connectivity index (χ3n) is 5.21. The van der Waals surface area contributed by atoms with Gasteiger partial charge in [-0.15, -0.1) is 0 Å². The molecule has 1 aromatic carbocycles. The minimum atomic E-state index is -1.20. The molecule has 0 unspecified atom stereocenters. The quantitative estimate of drug-likeness (QED) is 0.800. The molecule has 0 spiro atoms. The monoisotopic (exact) mass is 379 g/mol. The zero-order valence-electron chi connectivity index (χ0n) is 15.6. The summed E-state index contributed by atoms with van der Waals surface area (Å²) in [5, 5.41) is 0. The molecule has 146 valence electrons. The van der Waals surface area contributed by atoms with Crippen molar-refractivity contribution in [2.45, 2.75) is 32.4 Å². The van der Waals surface area contributed by atoms with Crippen LogP contribution in [0.2, 0.25) is 0 Å². The number of halogens is 2. The van der Waals surface area contributed by atoms with Crippen LogP contribution in [0, 0.1) is 17.6 Å². The Balaban J connectivity index is 1.80. The van der Waals surface area contributed by atoms with Gasteiger partial charge in [-0.05, 0) is 24.5 Å². The van der Waals surface area contributed by atoms with Crippen LogP contribution in [0.3, 0.4) is 0 Å². The zero-order valence-corrected chi connectivity index (χ0v) is 15.6. The average molecular weight is 379 g/mol. The van der Waals surface area contributed by atoms with Crippen molar-refractivity contribution in [2.24, 2.45) is 5.92 Å². The van der Waals surface area contributed by atoms with Crippen molar-refractivity contribution in [3.8, 4) is 0 Å². The van der Waals surface area contributed by atoms with Crippen molar-refractivity contribution in [3.05, 3.63) is 35.4 Å². The normalized spacial score (nSPS) is 23.1. The first-order chi connectivity index (χ1) is 12.7. The molecule has 0 N–H and O–H groups in total. The maximum absolute atomic E-state index is 14.0. The summed E-state index contributed by atoms with van der Waals surface area (Å²) in [7, 11) is 1.59. The molecule has 2 aliphatic heterocycles. The molecule has 0 radical (unpaired) electrons. The summed E-state index contributed by atoms with van der Waals surface area (Å²) in [6.45, 7) is 4.31. The molecule has 8 heteroatoms. The van der Waals surface area contributed by atoms with Crippen molar-refractivity contribution < 1.29 is 23.2 Å². The van der Waals surface area contributed by atoms with E-state index in [2.05, 4.69) is 0 Å². The van der Waals surface area contributed by atoms with Crippen LogP contribution >= 0.6 is 0 Å². The Kier molecular flexibility index (Phi) is 5.17. The van der Waals surface area contributed by atoms with E-state index >= 15 is 0 Å². The molecule has 0 bridgehead atoms. The zero-order chi connectivity index (χ0) is 19.9. The maximum Gasteiger partial charge on any atom is 0.257 e. The molecule has 27 heavy (non-hydrogen) atoms. The first-order valence-electron chi connectivity index (χ1n) is 9.02. The summed E-state index contributed by atoms with van der Waals surface area (Å²) >= 11 is 0. The maximum atomic E-state index is 14.0. The van der Waals surface area contributed by atoms with E-state index in [1.165, 1.54) is 26.8 Å². The largest absolute Gasteiger partial charge is 0.334 e. The van der Waals surface area contributed by atoms with E-state index in [0.717, 1.165) is 6.07 Å². The van der Waals surface area contributed by atoms with E-state index in [1.54, 1.807) is 7.05 Å². The molecule has 0 aromatic heterocycles. The highest BCUT2D eigenvalue weighted by Gasteiger charge is 2.47. The van der Waals surface area contributed by atoms with Gasteiger partial charge in [-0.25, -0.2) is 8.78 Å². The van der Waals surface area contributed by atoms with Crippen molar-refractivity contribution >= 4 is 17.7 Å². The second-order valence-corrected chi connectivity index (χ2v) is 7.49. The number of carbonyl (C=O) groups is 3. The Morgan fingerprint density at radius 1 is 1.19 bits per heavy atom. The van der Waals surface area contributed by atoms with E-state index in [9.17, 15) is 23.2 Å². The number of hydrogen-bond acceptors (Lipinski definition) is 3. The molecular formula is C19H23F2N3O3. The lowest BCUT2D eigenvalue weighted by atomic mass is 9.95. The Labute approximate surface area is 156 Å². The van der Waals surface area contributed by atoms with Gasteiger partial charge in [0.15, 0.2) is 11.6 Å². The van der Waals surface area contributed by atoms with Crippen LogP contribution in [0.4, 0.5) is 8.78 Å². The minimum Gasteiger partial charge on any atom is -0.334 e. The summed E-state index contributed by atoms with van der Waals surface area (Å²) < 4.78 is 27.4. The highest BCUT2D eigenvalue weighted by molar-refractivity contribution is 5.99. The van der Waals surface area contributed by atoms with Crippen LogP contribution in [0.25, 0.3) is 0 Å². The topological polar surface area (TPSA) is 60.9 Å². The third kappa shape index (κ3) is 3.40. The Morgan fingerprint density at radius 2 is 1.89 bits per heavy atom. The minimum absolute atomic E-state index is 0.0297. The summed E-state index contributed by atoms with van der Waals surface area (Å²) in [6, 6.07) is 2.13. The highest BCUT2D eigenvalue weighted by Crippen LogP contribution is 2.25.